The van der Waals surface area contributed by atoms with E-state index in [1.807, 2.05) is 0 Å². The molecule has 0 aliphatic heterocycles. The van der Waals surface area contributed by atoms with E-state index in [1.54, 1.807) is 30.3 Å². The Morgan fingerprint density at radius 1 is 0.792 bits per heavy atom. The summed E-state index contributed by atoms with van der Waals surface area (Å²) in [5, 5.41) is 18.3. The van der Waals surface area contributed by atoms with Gasteiger partial charge in [-0.1, -0.05) is 30.3 Å². The monoisotopic (exact) mass is 324 g/mol. The topological polar surface area (TPSA) is 83.8 Å². The summed E-state index contributed by atoms with van der Waals surface area (Å²) < 4.78 is 4.84. The number of esters is 1. The maximum atomic E-state index is 11.6. The molecule has 0 unspecified atom stereocenters. The molecule has 0 spiro atoms. The van der Waals surface area contributed by atoms with Gasteiger partial charge >= 0.3 is 5.97 Å². The molecule has 0 bridgehead atoms. The third kappa shape index (κ3) is 5.81. The van der Waals surface area contributed by atoms with Crippen molar-refractivity contribution >= 4 is 23.9 Å². The summed E-state index contributed by atoms with van der Waals surface area (Å²) in [5.74, 6) is -0.697. The molecule has 0 aliphatic carbocycles. The first kappa shape index (κ1) is 17.0. The molecule has 0 atom stereocenters. The SMILES string of the molecule is O=C(/C=C/c1ccc(O)cc1)COC(=O)/C=C/c1ccc(O)cc1. The largest absolute Gasteiger partial charge is 0.508 e. The Bertz CT molecular complexity index is 688. The van der Waals surface area contributed by atoms with Gasteiger partial charge in [0, 0.05) is 6.08 Å². The van der Waals surface area contributed by atoms with Crippen molar-refractivity contribution in [1.82, 2.24) is 0 Å². The number of aromatic hydroxyl groups is 2. The Balaban J connectivity index is 1.79. The molecule has 2 aromatic rings. The third-order valence-corrected chi connectivity index (χ3v) is 3.02. The number of phenolic OH excluding ortho intramolecular Hbond substituents is 2. The zero-order valence-electron chi connectivity index (χ0n) is 12.8. The summed E-state index contributed by atoms with van der Waals surface area (Å²) in [7, 11) is 0. The first-order valence-corrected chi connectivity index (χ1v) is 7.17. The molecule has 0 fully saturated rings. The third-order valence-electron chi connectivity index (χ3n) is 3.02. The lowest BCUT2D eigenvalue weighted by Crippen LogP contribution is -2.09. The molecule has 0 saturated carbocycles. The van der Waals surface area contributed by atoms with Gasteiger partial charge in [-0.05, 0) is 47.5 Å². The Labute approximate surface area is 139 Å². The van der Waals surface area contributed by atoms with Crippen LogP contribution in [0.5, 0.6) is 11.5 Å². The predicted molar refractivity (Wildman–Crippen MR) is 90.2 cm³/mol. The van der Waals surface area contributed by atoms with Crippen LogP contribution in [0, 0.1) is 0 Å². The van der Waals surface area contributed by atoms with Crippen LogP contribution >= 0.6 is 0 Å². The molecule has 0 heterocycles. The first-order chi connectivity index (χ1) is 11.5. The molecule has 2 N–H and O–H groups in total. The van der Waals surface area contributed by atoms with Crippen molar-refractivity contribution in [1.29, 1.82) is 0 Å². The van der Waals surface area contributed by atoms with Crippen LogP contribution in [0.25, 0.3) is 12.2 Å². The van der Waals surface area contributed by atoms with E-state index in [1.165, 1.54) is 42.5 Å². The van der Waals surface area contributed by atoms with Gasteiger partial charge in [0.15, 0.2) is 12.4 Å². The highest BCUT2D eigenvalue weighted by atomic mass is 16.5. The average molecular weight is 324 g/mol. The summed E-state index contributed by atoms with van der Waals surface area (Å²) in [6.45, 7) is -0.354. The van der Waals surface area contributed by atoms with Gasteiger partial charge in [-0.2, -0.15) is 0 Å². The van der Waals surface area contributed by atoms with E-state index < -0.39 is 5.97 Å². The Kier molecular flexibility index (Phi) is 5.91. The van der Waals surface area contributed by atoms with Gasteiger partial charge in [-0.25, -0.2) is 4.79 Å². The number of carbonyl (C=O) groups excluding carboxylic acids is 2. The second-order valence-corrected chi connectivity index (χ2v) is 4.92. The highest BCUT2D eigenvalue weighted by Gasteiger charge is 2.02. The Morgan fingerprint density at radius 2 is 1.25 bits per heavy atom. The van der Waals surface area contributed by atoms with Gasteiger partial charge in [0.25, 0.3) is 0 Å². The van der Waals surface area contributed by atoms with Gasteiger partial charge in [-0.15, -0.1) is 0 Å². The lowest BCUT2D eigenvalue weighted by atomic mass is 10.2. The van der Waals surface area contributed by atoms with Gasteiger partial charge in [0.2, 0.25) is 0 Å². The van der Waals surface area contributed by atoms with Crippen LogP contribution in [0.4, 0.5) is 0 Å². The minimum Gasteiger partial charge on any atom is -0.508 e. The van der Waals surface area contributed by atoms with E-state index in [4.69, 9.17) is 14.9 Å². The average Bonchev–Trinajstić information content (AvgIpc) is 2.59. The summed E-state index contributed by atoms with van der Waals surface area (Å²) in [4.78, 5) is 23.2. The van der Waals surface area contributed by atoms with Gasteiger partial charge in [0.05, 0.1) is 0 Å². The zero-order chi connectivity index (χ0) is 17.4. The molecular formula is C19H16O5. The van der Waals surface area contributed by atoms with Crippen LogP contribution in [0.3, 0.4) is 0 Å². The maximum absolute atomic E-state index is 11.6. The number of carbonyl (C=O) groups is 2. The molecular weight excluding hydrogens is 308 g/mol. The van der Waals surface area contributed by atoms with E-state index in [-0.39, 0.29) is 23.9 Å². The lowest BCUT2D eigenvalue weighted by molar-refractivity contribution is -0.141. The normalized spacial score (nSPS) is 11.0. The minimum atomic E-state index is -0.630. The highest BCUT2D eigenvalue weighted by molar-refractivity contribution is 5.96. The van der Waals surface area contributed by atoms with Crippen LogP contribution < -0.4 is 0 Å². The van der Waals surface area contributed by atoms with Crippen molar-refractivity contribution in [3.63, 3.8) is 0 Å². The Morgan fingerprint density at radius 3 is 1.75 bits per heavy atom. The number of hydrogen-bond acceptors (Lipinski definition) is 5. The summed E-state index contributed by atoms with van der Waals surface area (Å²) in [5.41, 5.74) is 1.48. The standard InChI is InChI=1S/C19H16O5/c20-16-7-1-14(2-8-16)5-11-18(22)13-24-19(23)12-6-15-3-9-17(21)10-4-15/h1-12,20-21H,13H2/b11-5+,12-6+. The second-order valence-electron chi connectivity index (χ2n) is 4.92. The number of rotatable bonds is 6. The molecule has 5 heteroatoms. The molecule has 0 aliphatic rings. The van der Waals surface area contributed by atoms with Crippen molar-refractivity contribution in [2.45, 2.75) is 0 Å². The van der Waals surface area contributed by atoms with Crippen LogP contribution in [-0.4, -0.2) is 28.6 Å². The number of ether oxygens (including phenoxy) is 1. The van der Waals surface area contributed by atoms with Gasteiger partial charge in [0.1, 0.15) is 11.5 Å². The Hall–Kier alpha value is -3.34. The summed E-state index contributed by atoms with van der Waals surface area (Å²) in [6, 6.07) is 12.6. The van der Waals surface area contributed by atoms with E-state index in [0.717, 1.165) is 11.1 Å². The van der Waals surface area contributed by atoms with Crippen molar-refractivity contribution in [3.05, 3.63) is 71.8 Å². The van der Waals surface area contributed by atoms with Crippen molar-refractivity contribution < 1.29 is 24.5 Å². The molecule has 2 rings (SSSR count). The van der Waals surface area contributed by atoms with Crippen LogP contribution in [-0.2, 0) is 14.3 Å². The molecule has 0 amide bonds. The molecule has 0 aromatic heterocycles. The quantitative estimate of drug-likeness (QED) is 0.630. The fraction of sp³-hybridized carbons (Fsp3) is 0.0526. The molecule has 24 heavy (non-hydrogen) atoms. The molecule has 122 valence electrons. The molecule has 2 aromatic carbocycles. The smallest absolute Gasteiger partial charge is 0.331 e. The number of phenols is 2. The number of ketones is 1. The minimum absolute atomic E-state index is 0.140. The zero-order valence-corrected chi connectivity index (χ0v) is 12.8. The van der Waals surface area contributed by atoms with E-state index in [2.05, 4.69) is 0 Å². The second kappa shape index (κ2) is 8.33. The lowest BCUT2D eigenvalue weighted by Gasteiger charge is -1.99. The van der Waals surface area contributed by atoms with Crippen LogP contribution in [0.15, 0.2) is 60.7 Å². The van der Waals surface area contributed by atoms with E-state index in [9.17, 15) is 9.59 Å². The fourth-order valence-corrected chi connectivity index (χ4v) is 1.76. The van der Waals surface area contributed by atoms with Gasteiger partial charge < -0.3 is 14.9 Å². The molecule has 0 saturated heterocycles. The number of hydrogen-bond donors (Lipinski definition) is 2. The van der Waals surface area contributed by atoms with Crippen molar-refractivity contribution in [2.75, 3.05) is 6.61 Å². The maximum Gasteiger partial charge on any atom is 0.331 e. The van der Waals surface area contributed by atoms with E-state index in [0.29, 0.717) is 0 Å². The van der Waals surface area contributed by atoms with Crippen LogP contribution in [0.1, 0.15) is 11.1 Å². The fourth-order valence-electron chi connectivity index (χ4n) is 1.76. The summed E-state index contributed by atoms with van der Waals surface area (Å²) >= 11 is 0. The van der Waals surface area contributed by atoms with Crippen LogP contribution in [0.2, 0.25) is 0 Å². The first-order valence-electron chi connectivity index (χ1n) is 7.17. The van der Waals surface area contributed by atoms with Crippen molar-refractivity contribution in [3.8, 4) is 11.5 Å². The molecule has 0 radical (unpaired) electrons. The van der Waals surface area contributed by atoms with Crippen molar-refractivity contribution in [2.24, 2.45) is 0 Å². The molecule has 5 nitrogen and oxygen atoms in total. The number of benzene rings is 2. The van der Waals surface area contributed by atoms with Gasteiger partial charge in [-0.3, -0.25) is 4.79 Å². The van der Waals surface area contributed by atoms with E-state index >= 15 is 0 Å². The highest BCUT2D eigenvalue weighted by Crippen LogP contribution is 2.11. The predicted octanol–water partition coefficient (Wildman–Crippen LogP) is 2.94. The summed E-state index contributed by atoms with van der Waals surface area (Å²) in [6.07, 6.45) is 5.62.